The van der Waals surface area contributed by atoms with Crippen LogP contribution in [-0.2, 0) is 6.42 Å². The van der Waals surface area contributed by atoms with Gasteiger partial charge in [0, 0.05) is 5.38 Å². The van der Waals surface area contributed by atoms with E-state index in [9.17, 15) is 0 Å². The molecule has 1 aromatic heterocycles. The maximum atomic E-state index is 5.95. The second-order valence-electron chi connectivity index (χ2n) is 2.37. The van der Waals surface area contributed by atoms with Crippen molar-refractivity contribution in [3.8, 4) is 0 Å². The summed E-state index contributed by atoms with van der Waals surface area (Å²) in [5, 5.41) is 6.11. The van der Waals surface area contributed by atoms with Crippen molar-refractivity contribution in [1.82, 2.24) is 5.43 Å². The van der Waals surface area contributed by atoms with E-state index in [1.165, 1.54) is 11.3 Å². The maximum absolute atomic E-state index is 5.95. The minimum absolute atomic E-state index is 0.466. The van der Waals surface area contributed by atoms with Crippen LogP contribution in [0.5, 0.6) is 0 Å². The molecule has 72 valence electrons. The molecule has 0 radical (unpaired) electrons. The molecule has 0 atom stereocenters. The molecule has 1 aromatic rings. The monoisotopic (exact) mass is 218 g/mol. The molecule has 4 nitrogen and oxygen atoms in total. The maximum Gasteiger partial charge on any atom is 0.177 e. The summed E-state index contributed by atoms with van der Waals surface area (Å²) in [7, 11) is 0. The summed E-state index contributed by atoms with van der Waals surface area (Å²) in [4.78, 5) is 0.900. The third-order valence-electron chi connectivity index (χ3n) is 1.68. The second-order valence-corrected chi connectivity index (χ2v) is 3.65. The Balaban J connectivity index is 3.13. The lowest BCUT2D eigenvalue weighted by Gasteiger charge is -2.03. The highest BCUT2D eigenvalue weighted by atomic mass is 35.5. The summed E-state index contributed by atoms with van der Waals surface area (Å²) < 4.78 is 0. The van der Waals surface area contributed by atoms with E-state index >= 15 is 0 Å². The molecule has 0 amide bonds. The van der Waals surface area contributed by atoms with Crippen molar-refractivity contribution in [3.05, 3.63) is 20.8 Å². The van der Waals surface area contributed by atoms with E-state index < -0.39 is 0 Å². The summed E-state index contributed by atoms with van der Waals surface area (Å²) in [6.07, 6.45) is 0.832. The topological polar surface area (TPSA) is 76.4 Å². The number of rotatable bonds is 2. The standard InChI is InChI=1S/C7H11ClN4S/c1-2-4-5(8)3-13-6(4)7(11-9)12-10/h3H,2,9-10H2,1H3,(H,11,12). The van der Waals surface area contributed by atoms with Crippen molar-refractivity contribution >= 4 is 28.8 Å². The fraction of sp³-hybridized carbons (Fsp3) is 0.286. The zero-order chi connectivity index (χ0) is 9.84. The van der Waals surface area contributed by atoms with Crippen LogP contribution in [0.2, 0.25) is 5.02 Å². The van der Waals surface area contributed by atoms with Crippen LogP contribution in [0.1, 0.15) is 17.4 Å². The number of amidine groups is 1. The van der Waals surface area contributed by atoms with Crippen LogP contribution in [0.25, 0.3) is 0 Å². The van der Waals surface area contributed by atoms with Gasteiger partial charge in [-0.1, -0.05) is 18.5 Å². The number of nitrogens with zero attached hydrogens (tertiary/aromatic N) is 1. The average molecular weight is 219 g/mol. The molecule has 0 aliphatic rings. The molecule has 0 saturated heterocycles. The Kier molecular flexibility index (Phi) is 3.53. The first kappa shape index (κ1) is 10.3. The van der Waals surface area contributed by atoms with Crippen molar-refractivity contribution in [2.75, 3.05) is 0 Å². The predicted octanol–water partition coefficient (Wildman–Crippen LogP) is 1.05. The lowest BCUT2D eigenvalue weighted by molar-refractivity contribution is 1.00. The van der Waals surface area contributed by atoms with E-state index in [1.54, 1.807) is 0 Å². The van der Waals surface area contributed by atoms with Crippen molar-refractivity contribution in [2.24, 2.45) is 16.8 Å². The van der Waals surface area contributed by atoms with Gasteiger partial charge in [-0.2, -0.15) is 5.10 Å². The number of nitrogens with one attached hydrogen (secondary N) is 1. The second kappa shape index (κ2) is 4.45. The molecular weight excluding hydrogens is 208 g/mol. The number of halogens is 1. The Morgan fingerprint density at radius 1 is 1.77 bits per heavy atom. The third kappa shape index (κ3) is 1.93. The van der Waals surface area contributed by atoms with Crippen LogP contribution in [-0.4, -0.2) is 5.84 Å². The van der Waals surface area contributed by atoms with Crippen LogP contribution in [0.15, 0.2) is 10.5 Å². The van der Waals surface area contributed by atoms with Gasteiger partial charge >= 0.3 is 0 Å². The van der Waals surface area contributed by atoms with Gasteiger partial charge in [0.25, 0.3) is 0 Å². The normalized spacial score (nSPS) is 11.8. The van der Waals surface area contributed by atoms with Crippen molar-refractivity contribution in [1.29, 1.82) is 0 Å². The quantitative estimate of drug-likeness (QED) is 0.301. The first-order valence-corrected chi connectivity index (χ1v) is 5.01. The largest absolute Gasteiger partial charge is 0.321 e. The van der Waals surface area contributed by atoms with Gasteiger partial charge in [0.15, 0.2) is 5.84 Å². The van der Waals surface area contributed by atoms with Crippen molar-refractivity contribution < 1.29 is 0 Å². The zero-order valence-corrected chi connectivity index (χ0v) is 8.75. The van der Waals surface area contributed by atoms with Crippen molar-refractivity contribution in [3.63, 3.8) is 0 Å². The molecule has 0 aliphatic heterocycles. The van der Waals surface area contributed by atoms with E-state index in [1.807, 2.05) is 12.3 Å². The fourth-order valence-corrected chi connectivity index (χ4v) is 2.45. The van der Waals surface area contributed by atoms with Gasteiger partial charge in [-0.3, -0.25) is 0 Å². The Hall–Kier alpha value is -0.780. The van der Waals surface area contributed by atoms with Gasteiger partial charge in [-0.25, -0.2) is 5.84 Å². The van der Waals surface area contributed by atoms with E-state index in [0.29, 0.717) is 5.84 Å². The van der Waals surface area contributed by atoms with Crippen LogP contribution in [0.3, 0.4) is 0 Å². The summed E-state index contributed by atoms with van der Waals surface area (Å²) >= 11 is 7.42. The van der Waals surface area contributed by atoms with Gasteiger partial charge in [0.2, 0.25) is 0 Å². The molecule has 0 saturated carbocycles. The van der Waals surface area contributed by atoms with Gasteiger partial charge in [-0.05, 0) is 12.0 Å². The first-order valence-electron chi connectivity index (χ1n) is 3.75. The smallest absolute Gasteiger partial charge is 0.177 e. The summed E-state index contributed by atoms with van der Waals surface area (Å²) in [5.74, 6) is 10.9. The molecule has 1 rings (SSSR count). The molecule has 0 unspecified atom stereocenters. The van der Waals surface area contributed by atoms with E-state index in [4.69, 9.17) is 23.3 Å². The molecule has 13 heavy (non-hydrogen) atoms. The number of nitrogens with two attached hydrogens (primary N) is 2. The molecule has 1 heterocycles. The Labute approximate surface area is 85.5 Å². The van der Waals surface area contributed by atoms with E-state index in [2.05, 4.69) is 10.5 Å². The Morgan fingerprint density at radius 2 is 2.46 bits per heavy atom. The first-order chi connectivity index (χ1) is 6.24. The SMILES string of the molecule is CCc1c(Cl)csc1/C(=N/N)NN. The minimum Gasteiger partial charge on any atom is -0.321 e. The Bertz CT molecular complexity index is 320. The molecular formula is C7H11ClN4S. The number of hydrazone groups is 1. The molecule has 5 N–H and O–H groups in total. The number of thiophene rings is 1. The lowest BCUT2D eigenvalue weighted by atomic mass is 10.2. The fourth-order valence-electron chi connectivity index (χ4n) is 1.05. The number of hydrogen-bond donors (Lipinski definition) is 3. The van der Waals surface area contributed by atoms with Crippen LogP contribution in [0, 0.1) is 0 Å². The molecule has 0 spiro atoms. The molecule has 0 aromatic carbocycles. The Morgan fingerprint density at radius 3 is 2.92 bits per heavy atom. The van der Waals surface area contributed by atoms with E-state index in [0.717, 1.165) is 21.9 Å². The molecule has 0 aliphatic carbocycles. The highest BCUT2D eigenvalue weighted by molar-refractivity contribution is 7.12. The van der Waals surface area contributed by atoms with E-state index in [-0.39, 0.29) is 0 Å². The molecule has 0 fully saturated rings. The predicted molar refractivity (Wildman–Crippen MR) is 56.8 cm³/mol. The van der Waals surface area contributed by atoms with Gasteiger partial charge < -0.3 is 11.3 Å². The lowest BCUT2D eigenvalue weighted by Crippen LogP contribution is -2.32. The van der Waals surface area contributed by atoms with Gasteiger partial charge in [0.1, 0.15) is 0 Å². The summed E-state index contributed by atoms with van der Waals surface area (Å²) in [6, 6.07) is 0. The molecule has 6 heteroatoms. The van der Waals surface area contributed by atoms with Crippen LogP contribution in [0.4, 0.5) is 0 Å². The summed E-state index contributed by atoms with van der Waals surface area (Å²) in [5.41, 5.74) is 3.45. The van der Waals surface area contributed by atoms with Crippen LogP contribution >= 0.6 is 22.9 Å². The van der Waals surface area contributed by atoms with Gasteiger partial charge in [-0.15, -0.1) is 11.3 Å². The number of hydrazine groups is 1. The third-order valence-corrected chi connectivity index (χ3v) is 3.17. The van der Waals surface area contributed by atoms with Crippen LogP contribution < -0.4 is 17.1 Å². The highest BCUT2D eigenvalue weighted by Crippen LogP contribution is 2.27. The van der Waals surface area contributed by atoms with Gasteiger partial charge in [0.05, 0.1) is 9.90 Å². The minimum atomic E-state index is 0.466. The van der Waals surface area contributed by atoms with Crippen molar-refractivity contribution in [2.45, 2.75) is 13.3 Å². The average Bonchev–Trinajstić information content (AvgIpc) is 2.50. The highest BCUT2D eigenvalue weighted by Gasteiger charge is 2.12. The number of hydrogen-bond acceptors (Lipinski definition) is 4. The zero-order valence-electron chi connectivity index (χ0n) is 7.17. The molecule has 0 bridgehead atoms. The summed E-state index contributed by atoms with van der Waals surface area (Å²) in [6.45, 7) is 2.02.